The number of hydrogen-bond acceptors (Lipinski definition) is 4. The van der Waals surface area contributed by atoms with Crippen LogP contribution in [0.15, 0.2) is 35.2 Å². The fourth-order valence-corrected chi connectivity index (χ4v) is 4.51. The monoisotopic (exact) mass is 354 g/mol. The van der Waals surface area contributed by atoms with E-state index in [1.54, 1.807) is 25.2 Å². The van der Waals surface area contributed by atoms with Crippen LogP contribution < -0.4 is 0 Å². The molecule has 1 aliphatic heterocycles. The molecule has 0 radical (unpaired) electrons. The topological polar surface area (TPSA) is 95.0 Å². The summed E-state index contributed by atoms with van der Waals surface area (Å²) in [4.78, 5) is 24.7. The van der Waals surface area contributed by atoms with Crippen molar-refractivity contribution in [2.45, 2.75) is 36.6 Å². The largest absolute Gasteiger partial charge is 0.481 e. The molecule has 1 N–H and O–H groups in total. The van der Waals surface area contributed by atoms with E-state index in [0.717, 1.165) is 0 Å². The Balaban J connectivity index is 2.09. The molecule has 1 amide bonds. The van der Waals surface area contributed by atoms with Crippen LogP contribution in [0.25, 0.3) is 0 Å². The Kier molecular flexibility index (Phi) is 5.95. The number of carboxylic acids is 1. The summed E-state index contributed by atoms with van der Waals surface area (Å²) in [6.45, 7) is 0.609. The first-order chi connectivity index (χ1) is 11.3. The highest BCUT2D eigenvalue weighted by Gasteiger charge is 2.40. The lowest BCUT2D eigenvalue weighted by atomic mass is 10.2. The van der Waals surface area contributed by atoms with Crippen LogP contribution in [-0.2, 0) is 19.6 Å². The van der Waals surface area contributed by atoms with Crippen molar-refractivity contribution in [1.29, 1.82) is 0 Å². The lowest BCUT2D eigenvalue weighted by Crippen LogP contribution is -2.46. The van der Waals surface area contributed by atoms with Crippen LogP contribution in [0.2, 0.25) is 0 Å². The Morgan fingerprint density at radius 1 is 1.29 bits per heavy atom. The van der Waals surface area contributed by atoms with Crippen LogP contribution in [0, 0.1) is 0 Å². The smallest absolute Gasteiger partial charge is 0.303 e. The average Bonchev–Trinajstić information content (AvgIpc) is 3.05. The van der Waals surface area contributed by atoms with Gasteiger partial charge in [-0.05, 0) is 31.4 Å². The van der Waals surface area contributed by atoms with Crippen LogP contribution >= 0.6 is 0 Å². The van der Waals surface area contributed by atoms with Crippen LogP contribution in [0.3, 0.4) is 0 Å². The van der Waals surface area contributed by atoms with Crippen molar-refractivity contribution in [2.75, 3.05) is 20.1 Å². The highest BCUT2D eigenvalue weighted by Crippen LogP contribution is 2.27. The van der Waals surface area contributed by atoms with Gasteiger partial charge in [-0.15, -0.1) is 0 Å². The fourth-order valence-electron chi connectivity index (χ4n) is 2.83. The molecule has 0 bridgehead atoms. The summed E-state index contributed by atoms with van der Waals surface area (Å²) in [7, 11) is -2.13. The maximum absolute atomic E-state index is 12.8. The summed E-state index contributed by atoms with van der Waals surface area (Å²) in [5.41, 5.74) is 0. The van der Waals surface area contributed by atoms with Crippen molar-refractivity contribution in [1.82, 2.24) is 9.21 Å². The molecule has 0 saturated carbocycles. The van der Waals surface area contributed by atoms with E-state index in [4.69, 9.17) is 5.11 Å². The maximum atomic E-state index is 12.8. The molecule has 1 aromatic carbocycles. The molecule has 0 aliphatic carbocycles. The lowest BCUT2D eigenvalue weighted by molar-refractivity contribution is -0.138. The number of carboxylic acid groups (broad SMARTS) is 1. The van der Waals surface area contributed by atoms with Crippen molar-refractivity contribution < 1.29 is 23.1 Å². The van der Waals surface area contributed by atoms with E-state index < -0.39 is 22.0 Å². The quantitative estimate of drug-likeness (QED) is 0.793. The van der Waals surface area contributed by atoms with E-state index in [2.05, 4.69) is 0 Å². The zero-order valence-corrected chi connectivity index (χ0v) is 14.4. The van der Waals surface area contributed by atoms with E-state index in [9.17, 15) is 18.0 Å². The summed E-state index contributed by atoms with van der Waals surface area (Å²) < 4.78 is 26.8. The number of rotatable bonds is 7. The second-order valence-electron chi connectivity index (χ2n) is 5.84. The Bertz CT molecular complexity index is 690. The van der Waals surface area contributed by atoms with Crippen molar-refractivity contribution in [3.05, 3.63) is 30.3 Å². The molecule has 0 aromatic heterocycles. The minimum absolute atomic E-state index is 0.0195. The predicted octanol–water partition coefficient (Wildman–Crippen LogP) is 1.16. The first-order valence-corrected chi connectivity index (χ1v) is 9.31. The molecule has 1 aromatic rings. The molecule has 132 valence electrons. The number of aliphatic carboxylic acids is 1. The number of amides is 1. The number of likely N-dealkylation sites (N-methyl/N-ethyl adjacent to an activating group) is 1. The Morgan fingerprint density at radius 2 is 1.96 bits per heavy atom. The third kappa shape index (κ3) is 4.12. The van der Waals surface area contributed by atoms with Gasteiger partial charge in [0.05, 0.1) is 4.90 Å². The maximum Gasteiger partial charge on any atom is 0.303 e. The normalized spacial score (nSPS) is 18.5. The second kappa shape index (κ2) is 7.76. The standard InChI is InChI=1S/C16H22N2O5S/c1-17(11-6-10-15(19)20)16(21)14-9-5-12-18(14)24(22,23)13-7-3-2-4-8-13/h2-4,7-8,14H,5-6,9-12H2,1H3,(H,19,20). The van der Waals surface area contributed by atoms with Gasteiger partial charge < -0.3 is 10.0 Å². The highest BCUT2D eigenvalue weighted by atomic mass is 32.2. The molecule has 1 heterocycles. The van der Waals surface area contributed by atoms with E-state index in [0.29, 0.717) is 32.4 Å². The molecule has 2 rings (SSSR count). The highest BCUT2D eigenvalue weighted by molar-refractivity contribution is 7.89. The number of benzene rings is 1. The van der Waals surface area contributed by atoms with Gasteiger partial charge in [0, 0.05) is 26.6 Å². The van der Waals surface area contributed by atoms with Gasteiger partial charge in [0.1, 0.15) is 6.04 Å². The van der Waals surface area contributed by atoms with Crippen molar-refractivity contribution >= 4 is 21.9 Å². The van der Waals surface area contributed by atoms with Crippen molar-refractivity contribution in [3.63, 3.8) is 0 Å². The third-order valence-electron chi connectivity index (χ3n) is 4.10. The van der Waals surface area contributed by atoms with Crippen LogP contribution in [0.1, 0.15) is 25.7 Å². The molecule has 1 unspecified atom stereocenters. The number of carbonyl (C=O) groups is 2. The van der Waals surface area contributed by atoms with Gasteiger partial charge in [-0.2, -0.15) is 4.31 Å². The molecule has 8 heteroatoms. The number of nitrogens with zero attached hydrogens (tertiary/aromatic N) is 2. The second-order valence-corrected chi connectivity index (χ2v) is 7.73. The van der Waals surface area contributed by atoms with Crippen LogP contribution in [-0.4, -0.2) is 60.8 Å². The number of hydrogen-bond donors (Lipinski definition) is 1. The van der Waals surface area contributed by atoms with Gasteiger partial charge in [-0.3, -0.25) is 9.59 Å². The fraction of sp³-hybridized carbons (Fsp3) is 0.500. The van der Waals surface area contributed by atoms with Gasteiger partial charge in [-0.25, -0.2) is 8.42 Å². The van der Waals surface area contributed by atoms with E-state index in [-0.39, 0.29) is 17.2 Å². The first-order valence-electron chi connectivity index (χ1n) is 7.87. The molecule has 1 aliphatic rings. The molecule has 7 nitrogen and oxygen atoms in total. The van der Waals surface area contributed by atoms with Gasteiger partial charge in [-0.1, -0.05) is 18.2 Å². The summed E-state index contributed by atoms with van der Waals surface area (Å²) in [5.74, 6) is -1.19. The van der Waals surface area contributed by atoms with Crippen LogP contribution in [0.5, 0.6) is 0 Å². The summed E-state index contributed by atoms with van der Waals surface area (Å²) in [6.07, 6.45) is 1.43. The van der Waals surface area contributed by atoms with Gasteiger partial charge >= 0.3 is 5.97 Å². The van der Waals surface area contributed by atoms with Crippen molar-refractivity contribution in [3.8, 4) is 0 Å². The molecular weight excluding hydrogens is 332 g/mol. The van der Waals surface area contributed by atoms with E-state index in [1.807, 2.05) is 0 Å². The molecule has 24 heavy (non-hydrogen) atoms. The molecular formula is C16H22N2O5S. The molecule has 1 saturated heterocycles. The van der Waals surface area contributed by atoms with Crippen molar-refractivity contribution in [2.24, 2.45) is 0 Å². The Hall–Kier alpha value is -1.93. The predicted molar refractivity (Wildman–Crippen MR) is 87.9 cm³/mol. The summed E-state index contributed by atoms with van der Waals surface area (Å²) >= 11 is 0. The number of carbonyl (C=O) groups excluding carboxylic acids is 1. The van der Waals surface area contributed by atoms with E-state index in [1.165, 1.54) is 21.3 Å². The Morgan fingerprint density at radius 3 is 2.58 bits per heavy atom. The zero-order chi connectivity index (χ0) is 17.7. The average molecular weight is 354 g/mol. The van der Waals surface area contributed by atoms with Gasteiger partial charge in [0.2, 0.25) is 15.9 Å². The summed E-state index contributed by atoms with van der Waals surface area (Å²) in [5, 5.41) is 8.66. The van der Waals surface area contributed by atoms with Gasteiger partial charge in [0.25, 0.3) is 0 Å². The SMILES string of the molecule is CN(CCCC(=O)O)C(=O)C1CCCN1S(=O)(=O)c1ccccc1. The van der Waals surface area contributed by atoms with E-state index >= 15 is 0 Å². The van der Waals surface area contributed by atoms with Gasteiger partial charge in [0.15, 0.2) is 0 Å². The summed E-state index contributed by atoms with van der Waals surface area (Å²) in [6, 6.07) is 7.36. The molecule has 1 fully saturated rings. The minimum Gasteiger partial charge on any atom is -0.481 e. The third-order valence-corrected chi connectivity index (χ3v) is 6.02. The minimum atomic E-state index is -3.71. The van der Waals surface area contributed by atoms with Crippen LogP contribution in [0.4, 0.5) is 0 Å². The molecule has 0 spiro atoms. The first kappa shape index (κ1) is 18.4. The number of sulfonamides is 1. The zero-order valence-electron chi connectivity index (χ0n) is 13.6. The lowest BCUT2D eigenvalue weighted by Gasteiger charge is -2.27. The Labute approximate surface area is 141 Å². The molecule has 1 atom stereocenters.